The molecular weight excluding hydrogens is 210 g/mol. The normalized spacial score (nSPS) is 13.2. The highest BCUT2D eigenvalue weighted by molar-refractivity contribution is 7.99. The van der Waals surface area contributed by atoms with Crippen molar-refractivity contribution in [2.45, 2.75) is 24.7 Å². The van der Waals surface area contributed by atoms with Gasteiger partial charge in [-0.2, -0.15) is 0 Å². The van der Waals surface area contributed by atoms with Crippen LogP contribution in [0.3, 0.4) is 0 Å². The van der Waals surface area contributed by atoms with Crippen LogP contribution in [0.15, 0.2) is 33.9 Å². The van der Waals surface area contributed by atoms with Crippen molar-refractivity contribution in [1.82, 2.24) is 4.98 Å². The molecule has 2 rings (SSSR count). The third-order valence-electron chi connectivity index (χ3n) is 2.14. The van der Waals surface area contributed by atoms with E-state index in [-0.39, 0.29) is 6.10 Å². The second-order valence-electron chi connectivity index (χ2n) is 3.32. The summed E-state index contributed by atoms with van der Waals surface area (Å²) in [5.74, 6) is 0.628. The lowest BCUT2D eigenvalue weighted by atomic mass is 10.3. The lowest BCUT2D eigenvalue weighted by molar-refractivity contribution is 0.195. The molecular formula is C11H13NO2S. The quantitative estimate of drug-likeness (QED) is 0.809. The number of para-hydroxylation sites is 2. The minimum atomic E-state index is -0.287. The number of oxazole rings is 1. The van der Waals surface area contributed by atoms with Crippen LogP contribution in [0.1, 0.15) is 13.3 Å². The van der Waals surface area contributed by atoms with Gasteiger partial charge in [0.25, 0.3) is 5.22 Å². The molecule has 0 bridgehead atoms. The molecule has 0 amide bonds. The van der Waals surface area contributed by atoms with Crippen molar-refractivity contribution in [3.63, 3.8) is 0 Å². The molecule has 15 heavy (non-hydrogen) atoms. The van der Waals surface area contributed by atoms with Crippen LogP contribution in [0.25, 0.3) is 11.1 Å². The topological polar surface area (TPSA) is 46.3 Å². The van der Waals surface area contributed by atoms with E-state index in [2.05, 4.69) is 4.98 Å². The summed E-state index contributed by atoms with van der Waals surface area (Å²) >= 11 is 1.45. The van der Waals surface area contributed by atoms with E-state index in [9.17, 15) is 5.11 Å². The molecule has 0 aliphatic heterocycles. The summed E-state index contributed by atoms with van der Waals surface area (Å²) in [4.78, 5) is 4.30. The van der Waals surface area contributed by atoms with E-state index in [0.29, 0.717) is 11.0 Å². The standard InChI is InChI=1S/C11H13NO2S/c1-2-8(13)7-15-11-12-9-5-3-4-6-10(9)14-11/h3-6,8,13H,2,7H2,1H3. The first-order valence-electron chi connectivity index (χ1n) is 4.96. The second-order valence-corrected chi connectivity index (χ2v) is 4.29. The second kappa shape index (κ2) is 4.68. The van der Waals surface area contributed by atoms with Crippen LogP contribution in [-0.2, 0) is 0 Å². The number of benzene rings is 1. The largest absolute Gasteiger partial charge is 0.431 e. The Morgan fingerprint density at radius 1 is 1.47 bits per heavy atom. The van der Waals surface area contributed by atoms with Crippen molar-refractivity contribution in [1.29, 1.82) is 0 Å². The average Bonchev–Trinajstić information content (AvgIpc) is 2.68. The lowest BCUT2D eigenvalue weighted by Crippen LogP contribution is -2.07. The molecule has 0 saturated carbocycles. The maximum Gasteiger partial charge on any atom is 0.256 e. The van der Waals surface area contributed by atoms with Gasteiger partial charge in [0.05, 0.1) is 6.10 Å². The molecule has 0 fully saturated rings. The Morgan fingerprint density at radius 3 is 3.00 bits per heavy atom. The Morgan fingerprint density at radius 2 is 2.27 bits per heavy atom. The first-order valence-corrected chi connectivity index (χ1v) is 5.94. The Hall–Kier alpha value is -1.00. The lowest BCUT2D eigenvalue weighted by Gasteiger charge is -2.03. The van der Waals surface area contributed by atoms with Gasteiger partial charge in [0.15, 0.2) is 5.58 Å². The van der Waals surface area contributed by atoms with Crippen LogP contribution in [-0.4, -0.2) is 21.9 Å². The van der Waals surface area contributed by atoms with Gasteiger partial charge in [-0.05, 0) is 18.6 Å². The number of hydrogen-bond donors (Lipinski definition) is 1. The van der Waals surface area contributed by atoms with Gasteiger partial charge in [0.2, 0.25) is 0 Å². The number of thioether (sulfide) groups is 1. The van der Waals surface area contributed by atoms with E-state index in [0.717, 1.165) is 17.5 Å². The zero-order valence-electron chi connectivity index (χ0n) is 8.51. The van der Waals surface area contributed by atoms with Gasteiger partial charge in [-0.15, -0.1) is 0 Å². The molecule has 0 aliphatic carbocycles. The van der Waals surface area contributed by atoms with Gasteiger partial charge in [-0.1, -0.05) is 30.8 Å². The maximum atomic E-state index is 9.40. The summed E-state index contributed by atoms with van der Waals surface area (Å²) < 4.78 is 5.50. The Bertz CT molecular complexity index is 408. The van der Waals surface area contributed by atoms with E-state index in [1.165, 1.54) is 11.8 Å². The first-order chi connectivity index (χ1) is 7.29. The van der Waals surface area contributed by atoms with E-state index in [1.807, 2.05) is 31.2 Å². The molecule has 1 N–H and O–H groups in total. The van der Waals surface area contributed by atoms with E-state index >= 15 is 0 Å². The summed E-state index contributed by atoms with van der Waals surface area (Å²) in [7, 11) is 0. The summed E-state index contributed by atoms with van der Waals surface area (Å²) in [6.07, 6.45) is 0.470. The molecule has 80 valence electrons. The van der Waals surface area contributed by atoms with Gasteiger partial charge >= 0.3 is 0 Å². The fraction of sp³-hybridized carbons (Fsp3) is 0.364. The van der Waals surface area contributed by atoms with Gasteiger partial charge in [-0.25, -0.2) is 4.98 Å². The molecule has 3 nitrogen and oxygen atoms in total. The van der Waals surface area contributed by atoms with E-state index in [1.54, 1.807) is 0 Å². The Kier molecular flexibility index (Phi) is 3.28. The number of hydrogen-bond acceptors (Lipinski definition) is 4. The number of rotatable bonds is 4. The SMILES string of the molecule is CCC(O)CSc1nc2ccccc2o1. The van der Waals surface area contributed by atoms with Crippen molar-refractivity contribution in [2.24, 2.45) is 0 Å². The van der Waals surface area contributed by atoms with Gasteiger partial charge in [0.1, 0.15) is 5.52 Å². The van der Waals surface area contributed by atoms with Crippen LogP contribution in [0, 0.1) is 0 Å². The Balaban J connectivity index is 2.09. The molecule has 1 aromatic heterocycles. The van der Waals surface area contributed by atoms with Crippen LogP contribution in [0.4, 0.5) is 0 Å². The predicted octanol–water partition coefficient (Wildman–Crippen LogP) is 2.69. The fourth-order valence-electron chi connectivity index (χ4n) is 1.20. The van der Waals surface area contributed by atoms with Crippen molar-refractivity contribution in [3.05, 3.63) is 24.3 Å². The number of aromatic nitrogens is 1. The van der Waals surface area contributed by atoms with Crippen LogP contribution < -0.4 is 0 Å². The third kappa shape index (κ3) is 2.52. The van der Waals surface area contributed by atoms with Crippen LogP contribution >= 0.6 is 11.8 Å². The van der Waals surface area contributed by atoms with Gasteiger partial charge in [0, 0.05) is 5.75 Å². The number of fused-ring (bicyclic) bond motifs is 1. The van der Waals surface area contributed by atoms with Crippen molar-refractivity contribution >= 4 is 22.9 Å². The zero-order chi connectivity index (χ0) is 10.7. The highest BCUT2D eigenvalue weighted by Crippen LogP contribution is 2.23. The molecule has 1 atom stereocenters. The first kappa shape index (κ1) is 10.5. The Labute approximate surface area is 92.5 Å². The summed E-state index contributed by atoms with van der Waals surface area (Å²) in [6, 6.07) is 7.66. The summed E-state index contributed by atoms with van der Waals surface area (Å²) in [5.41, 5.74) is 1.66. The molecule has 0 saturated heterocycles. The van der Waals surface area contributed by atoms with Crippen LogP contribution in [0.2, 0.25) is 0 Å². The summed E-state index contributed by atoms with van der Waals surface area (Å²) in [6.45, 7) is 1.96. The number of aliphatic hydroxyl groups is 1. The molecule has 0 spiro atoms. The highest BCUT2D eigenvalue weighted by atomic mass is 32.2. The third-order valence-corrected chi connectivity index (χ3v) is 3.12. The fourth-order valence-corrected chi connectivity index (χ4v) is 2.08. The maximum absolute atomic E-state index is 9.40. The van der Waals surface area contributed by atoms with E-state index < -0.39 is 0 Å². The van der Waals surface area contributed by atoms with Crippen molar-refractivity contribution in [2.75, 3.05) is 5.75 Å². The minimum absolute atomic E-state index is 0.287. The zero-order valence-corrected chi connectivity index (χ0v) is 9.33. The smallest absolute Gasteiger partial charge is 0.256 e. The number of aliphatic hydroxyl groups excluding tert-OH is 1. The van der Waals surface area contributed by atoms with Crippen LogP contribution in [0.5, 0.6) is 0 Å². The summed E-state index contributed by atoms with van der Waals surface area (Å²) in [5, 5.41) is 10.0. The number of nitrogens with zero attached hydrogens (tertiary/aromatic N) is 1. The molecule has 0 aliphatic rings. The van der Waals surface area contributed by atoms with Gasteiger partial charge in [-0.3, -0.25) is 0 Å². The monoisotopic (exact) mass is 223 g/mol. The average molecular weight is 223 g/mol. The van der Waals surface area contributed by atoms with Crippen molar-refractivity contribution < 1.29 is 9.52 Å². The molecule has 4 heteroatoms. The van der Waals surface area contributed by atoms with E-state index in [4.69, 9.17) is 4.42 Å². The highest BCUT2D eigenvalue weighted by Gasteiger charge is 2.08. The molecule has 1 unspecified atom stereocenters. The molecule has 1 aromatic carbocycles. The molecule has 0 radical (unpaired) electrons. The minimum Gasteiger partial charge on any atom is -0.431 e. The van der Waals surface area contributed by atoms with Crippen molar-refractivity contribution in [3.8, 4) is 0 Å². The molecule has 1 heterocycles. The molecule has 2 aromatic rings. The van der Waals surface area contributed by atoms with Gasteiger partial charge < -0.3 is 9.52 Å². The predicted molar refractivity (Wildman–Crippen MR) is 61.0 cm³/mol.